The quantitative estimate of drug-likeness (QED) is 0.740. The summed E-state index contributed by atoms with van der Waals surface area (Å²) in [5.74, 6) is -0.0489. The number of anilines is 2. The molecule has 0 aliphatic heterocycles. The number of nitrogens with zero attached hydrogens (tertiary/aromatic N) is 4. The number of amides is 1. The van der Waals surface area contributed by atoms with Gasteiger partial charge in [-0.2, -0.15) is 9.90 Å². The van der Waals surface area contributed by atoms with E-state index in [2.05, 4.69) is 15.5 Å². The molecular weight excluding hydrogens is 333 g/mol. The summed E-state index contributed by atoms with van der Waals surface area (Å²) in [6.45, 7) is 0.405. The number of nitrogens with one attached hydrogen (secondary N) is 1. The molecule has 1 aromatic heterocycles. The molecule has 3 rings (SSSR count). The van der Waals surface area contributed by atoms with Gasteiger partial charge in [-0.15, -0.1) is 5.10 Å². The van der Waals surface area contributed by atoms with E-state index in [-0.39, 0.29) is 18.1 Å². The Morgan fingerprint density at radius 1 is 1.08 bits per heavy atom. The van der Waals surface area contributed by atoms with Gasteiger partial charge in [0.15, 0.2) is 5.82 Å². The van der Waals surface area contributed by atoms with Gasteiger partial charge in [0, 0.05) is 19.8 Å². The van der Waals surface area contributed by atoms with Crippen molar-refractivity contribution < 1.29 is 9.18 Å². The Hall–Kier alpha value is -3.22. The van der Waals surface area contributed by atoms with Crippen molar-refractivity contribution in [3.63, 3.8) is 0 Å². The molecule has 2 aromatic carbocycles. The fraction of sp³-hybridized carbons (Fsp3) is 0.211. The van der Waals surface area contributed by atoms with Crippen molar-refractivity contribution in [2.24, 2.45) is 0 Å². The highest BCUT2D eigenvalue weighted by Gasteiger charge is 2.08. The first-order valence-electron chi connectivity index (χ1n) is 8.20. The first kappa shape index (κ1) is 17.6. The molecule has 0 fully saturated rings. The SMILES string of the molecule is CN(C)c1ccc(CC(=O)Nc2cnn(Cc3ccc(F)cc3)n2)cc1. The fourth-order valence-electron chi connectivity index (χ4n) is 2.47. The Morgan fingerprint density at radius 2 is 1.73 bits per heavy atom. The molecule has 0 saturated carbocycles. The molecule has 0 saturated heterocycles. The number of aromatic nitrogens is 3. The predicted octanol–water partition coefficient (Wildman–Crippen LogP) is 2.71. The molecular formula is C19H20FN5O. The smallest absolute Gasteiger partial charge is 0.230 e. The molecule has 0 atom stereocenters. The Balaban J connectivity index is 1.56. The summed E-state index contributed by atoms with van der Waals surface area (Å²) in [5, 5.41) is 11.1. The number of carbonyl (C=O) groups is 1. The lowest BCUT2D eigenvalue weighted by Crippen LogP contribution is -2.15. The van der Waals surface area contributed by atoms with Crippen molar-refractivity contribution in [3.8, 4) is 0 Å². The van der Waals surface area contributed by atoms with Gasteiger partial charge in [0.05, 0.1) is 19.2 Å². The summed E-state index contributed by atoms with van der Waals surface area (Å²) in [6, 6.07) is 13.9. The van der Waals surface area contributed by atoms with Gasteiger partial charge >= 0.3 is 0 Å². The molecule has 26 heavy (non-hydrogen) atoms. The minimum Gasteiger partial charge on any atom is -0.378 e. The lowest BCUT2D eigenvalue weighted by atomic mass is 10.1. The zero-order chi connectivity index (χ0) is 18.5. The van der Waals surface area contributed by atoms with E-state index in [1.807, 2.05) is 43.3 Å². The van der Waals surface area contributed by atoms with E-state index in [1.165, 1.54) is 23.1 Å². The van der Waals surface area contributed by atoms with Crippen molar-refractivity contribution >= 4 is 17.4 Å². The third-order valence-corrected chi connectivity index (χ3v) is 3.86. The van der Waals surface area contributed by atoms with Crippen LogP contribution in [0.3, 0.4) is 0 Å². The van der Waals surface area contributed by atoms with Crippen LogP contribution in [0.4, 0.5) is 15.9 Å². The van der Waals surface area contributed by atoms with Gasteiger partial charge in [-0.25, -0.2) is 4.39 Å². The number of halogens is 1. The maximum absolute atomic E-state index is 12.9. The van der Waals surface area contributed by atoms with Crippen molar-refractivity contribution in [3.05, 3.63) is 71.7 Å². The van der Waals surface area contributed by atoms with Crippen LogP contribution in [0, 0.1) is 5.82 Å². The zero-order valence-electron chi connectivity index (χ0n) is 14.7. The lowest BCUT2D eigenvalue weighted by Gasteiger charge is -2.12. The summed E-state index contributed by atoms with van der Waals surface area (Å²) < 4.78 is 12.9. The highest BCUT2D eigenvalue weighted by molar-refractivity contribution is 5.91. The predicted molar refractivity (Wildman–Crippen MR) is 98.6 cm³/mol. The Labute approximate surface area is 151 Å². The molecule has 0 aliphatic carbocycles. The fourth-order valence-corrected chi connectivity index (χ4v) is 2.47. The summed E-state index contributed by atoms with van der Waals surface area (Å²) in [5.41, 5.74) is 2.88. The van der Waals surface area contributed by atoms with Gasteiger partial charge in [-0.3, -0.25) is 4.79 Å². The number of hydrogen-bond acceptors (Lipinski definition) is 4. The third-order valence-electron chi connectivity index (χ3n) is 3.86. The average molecular weight is 353 g/mol. The van der Waals surface area contributed by atoms with E-state index in [0.717, 1.165) is 16.8 Å². The average Bonchev–Trinajstić information content (AvgIpc) is 3.04. The van der Waals surface area contributed by atoms with E-state index >= 15 is 0 Å². The van der Waals surface area contributed by atoms with Crippen LogP contribution in [0.1, 0.15) is 11.1 Å². The van der Waals surface area contributed by atoms with Crippen LogP contribution in [0.5, 0.6) is 0 Å². The number of benzene rings is 2. The van der Waals surface area contributed by atoms with E-state index in [1.54, 1.807) is 12.1 Å². The molecule has 0 bridgehead atoms. The van der Waals surface area contributed by atoms with Crippen molar-refractivity contribution in [2.75, 3.05) is 24.3 Å². The standard InChI is InChI=1S/C19H20FN5O/c1-24(2)17-9-5-14(6-10-17)11-19(26)22-18-12-21-25(23-18)13-15-3-7-16(20)8-4-15/h3-10,12H,11,13H2,1-2H3,(H,22,23,26). The van der Waals surface area contributed by atoms with Crippen LogP contribution in [-0.2, 0) is 17.8 Å². The van der Waals surface area contributed by atoms with Gasteiger partial charge in [-0.1, -0.05) is 24.3 Å². The largest absolute Gasteiger partial charge is 0.378 e. The second-order valence-corrected chi connectivity index (χ2v) is 6.17. The van der Waals surface area contributed by atoms with E-state index in [9.17, 15) is 9.18 Å². The number of carbonyl (C=O) groups excluding carboxylic acids is 1. The monoisotopic (exact) mass is 353 g/mol. The van der Waals surface area contributed by atoms with Crippen LogP contribution in [-0.4, -0.2) is 35.0 Å². The summed E-state index contributed by atoms with van der Waals surface area (Å²) >= 11 is 0. The zero-order valence-corrected chi connectivity index (χ0v) is 14.7. The number of rotatable bonds is 6. The minimum atomic E-state index is -0.284. The maximum Gasteiger partial charge on any atom is 0.230 e. The first-order valence-corrected chi connectivity index (χ1v) is 8.20. The summed E-state index contributed by atoms with van der Waals surface area (Å²) in [4.78, 5) is 15.6. The minimum absolute atomic E-state index is 0.156. The van der Waals surface area contributed by atoms with Gasteiger partial charge in [0.25, 0.3) is 0 Å². The first-order chi connectivity index (χ1) is 12.5. The summed E-state index contributed by atoms with van der Waals surface area (Å²) in [7, 11) is 3.94. The molecule has 7 heteroatoms. The third kappa shape index (κ3) is 4.66. The van der Waals surface area contributed by atoms with Crippen LogP contribution in [0.15, 0.2) is 54.7 Å². The van der Waals surface area contributed by atoms with Gasteiger partial charge in [0.2, 0.25) is 5.91 Å². The van der Waals surface area contributed by atoms with Gasteiger partial charge in [0.1, 0.15) is 5.82 Å². The van der Waals surface area contributed by atoms with Crippen LogP contribution < -0.4 is 10.2 Å². The molecule has 3 aromatic rings. The molecule has 1 amide bonds. The lowest BCUT2D eigenvalue weighted by molar-refractivity contribution is -0.115. The molecule has 0 radical (unpaired) electrons. The van der Waals surface area contributed by atoms with Crippen LogP contribution in [0.25, 0.3) is 0 Å². The van der Waals surface area contributed by atoms with Crippen LogP contribution in [0.2, 0.25) is 0 Å². The van der Waals surface area contributed by atoms with Crippen molar-refractivity contribution in [1.82, 2.24) is 15.0 Å². The Kier molecular flexibility index (Phi) is 5.26. The van der Waals surface area contributed by atoms with Gasteiger partial charge < -0.3 is 10.2 Å². The normalized spacial score (nSPS) is 10.6. The van der Waals surface area contributed by atoms with Gasteiger partial charge in [-0.05, 0) is 35.4 Å². The van der Waals surface area contributed by atoms with Crippen LogP contribution >= 0.6 is 0 Å². The molecule has 0 unspecified atom stereocenters. The molecule has 0 spiro atoms. The highest BCUT2D eigenvalue weighted by Crippen LogP contribution is 2.13. The number of hydrogen-bond donors (Lipinski definition) is 1. The summed E-state index contributed by atoms with van der Waals surface area (Å²) in [6.07, 6.45) is 1.76. The second-order valence-electron chi connectivity index (χ2n) is 6.17. The molecule has 1 heterocycles. The Bertz CT molecular complexity index is 872. The van der Waals surface area contributed by atoms with Crippen molar-refractivity contribution in [1.29, 1.82) is 0 Å². The van der Waals surface area contributed by atoms with E-state index in [4.69, 9.17) is 0 Å². The maximum atomic E-state index is 12.9. The molecule has 1 N–H and O–H groups in total. The highest BCUT2D eigenvalue weighted by atomic mass is 19.1. The second kappa shape index (κ2) is 7.77. The topological polar surface area (TPSA) is 63.1 Å². The van der Waals surface area contributed by atoms with E-state index < -0.39 is 0 Å². The van der Waals surface area contributed by atoms with Crippen molar-refractivity contribution in [2.45, 2.75) is 13.0 Å². The van der Waals surface area contributed by atoms with E-state index in [0.29, 0.717) is 12.4 Å². The molecule has 0 aliphatic rings. The molecule has 6 nitrogen and oxygen atoms in total. The molecule has 134 valence electrons. The Morgan fingerprint density at radius 3 is 2.38 bits per heavy atom.